The van der Waals surface area contributed by atoms with Gasteiger partial charge in [-0.2, -0.15) is 0 Å². The number of hydrogen-bond donors (Lipinski definition) is 3. The van der Waals surface area contributed by atoms with E-state index in [1.807, 2.05) is 48.7 Å². The molecule has 0 spiro atoms. The molecule has 0 fully saturated rings. The van der Waals surface area contributed by atoms with Crippen molar-refractivity contribution in [1.29, 1.82) is 0 Å². The minimum atomic E-state index is -0.0385. The van der Waals surface area contributed by atoms with Crippen LogP contribution >= 0.6 is 11.6 Å². The van der Waals surface area contributed by atoms with Crippen LogP contribution in [0.1, 0.15) is 24.0 Å². The van der Waals surface area contributed by atoms with E-state index < -0.39 is 0 Å². The fourth-order valence-electron chi connectivity index (χ4n) is 3.84. The zero-order valence-electron chi connectivity index (χ0n) is 18.6. The first-order chi connectivity index (χ1) is 16.3. The van der Waals surface area contributed by atoms with Gasteiger partial charge in [0.05, 0.1) is 23.8 Å². The Morgan fingerprint density at radius 2 is 1.76 bits per heavy atom. The second-order valence-electron chi connectivity index (χ2n) is 7.87. The standard InChI is InChI=1S/C26H29ClN4O2/c27-25-19(6-5-7-20(25)18-32)16-28-11-3-4-14-33-15-13-30-26-22-10-12-29-17-23(22)21-8-1-2-9-24(21)31-26/h1-2,5-10,12,17,28,32H,3-4,11,13-16,18H2,(H,30,31). The number of fused-ring (bicyclic) bond motifs is 3. The average Bonchev–Trinajstić information content (AvgIpc) is 2.86. The van der Waals surface area contributed by atoms with Crippen LogP contribution in [-0.4, -0.2) is 41.4 Å². The van der Waals surface area contributed by atoms with Gasteiger partial charge >= 0.3 is 0 Å². The van der Waals surface area contributed by atoms with Gasteiger partial charge in [-0.15, -0.1) is 0 Å². The first-order valence-electron chi connectivity index (χ1n) is 11.3. The molecule has 2 aromatic heterocycles. The zero-order valence-corrected chi connectivity index (χ0v) is 19.3. The van der Waals surface area contributed by atoms with Crippen molar-refractivity contribution < 1.29 is 9.84 Å². The molecule has 0 saturated heterocycles. The first kappa shape index (κ1) is 23.4. The van der Waals surface area contributed by atoms with E-state index in [2.05, 4.69) is 21.7 Å². The molecule has 0 radical (unpaired) electrons. The number of ether oxygens (including phenoxy) is 1. The number of pyridine rings is 2. The highest BCUT2D eigenvalue weighted by Gasteiger charge is 2.08. The molecule has 0 bridgehead atoms. The molecule has 0 atom stereocenters. The number of para-hydroxylation sites is 1. The highest BCUT2D eigenvalue weighted by atomic mass is 35.5. The van der Waals surface area contributed by atoms with Gasteiger partial charge in [-0.05, 0) is 42.6 Å². The molecule has 0 aliphatic heterocycles. The van der Waals surface area contributed by atoms with Crippen LogP contribution in [0.2, 0.25) is 5.02 Å². The van der Waals surface area contributed by atoms with Crippen molar-refractivity contribution in [2.75, 3.05) is 31.6 Å². The van der Waals surface area contributed by atoms with E-state index in [1.165, 1.54) is 0 Å². The van der Waals surface area contributed by atoms with Crippen molar-refractivity contribution in [1.82, 2.24) is 15.3 Å². The van der Waals surface area contributed by atoms with Gasteiger partial charge in [0.2, 0.25) is 0 Å². The third kappa shape index (κ3) is 5.97. The van der Waals surface area contributed by atoms with Crippen molar-refractivity contribution >= 4 is 39.1 Å². The van der Waals surface area contributed by atoms with Crippen LogP contribution < -0.4 is 10.6 Å². The van der Waals surface area contributed by atoms with Gasteiger partial charge in [-0.3, -0.25) is 4.98 Å². The van der Waals surface area contributed by atoms with Crippen LogP contribution in [0.15, 0.2) is 60.9 Å². The molecular weight excluding hydrogens is 436 g/mol. The fourth-order valence-corrected chi connectivity index (χ4v) is 4.09. The Balaban J connectivity index is 1.15. The van der Waals surface area contributed by atoms with E-state index in [1.54, 1.807) is 6.20 Å². The normalized spacial score (nSPS) is 11.3. The SMILES string of the molecule is OCc1cccc(CNCCCCOCCNc2nc3ccccc3c3cnccc23)c1Cl. The van der Waals surface area contributed by atoms with Crippen LogP contribution in [0.25, 0.3) is 21.7 Å². The predicted molar refractivity (Wildman–Crippen MR) is 135 cm³/mol. The minimum absolute atomic E-state index is 0.0385. The Bertz CT molecular complexity index is 1200. The van der Waals surface area contributed by atoms with Gasteiger partial charge in [0.25, 0.3) is 0 Å². The number of halogens is 1. The van der Waals surface area contributed by atoms with E-state index in [4.69, 9.17) is 21.3 Å². The molecule has 172 valence electrons. The lowest BCUT2D eigenvalue weighted by Crippen LogP contribution is -2.16. The number of benzene rings is 2. The Kier molecular flexibility index (Phi) is 8.44. The molecule has 4 aromatic rings. The number of anilines is 1. The summed E-state index contributed by atoms with van der Waals surface area (Å²) in [7, 11) is 0. The molecule has 33 heavy (non-hydrogen) atoms. The van der Waals surface area contributed by atoms with Gasteiger partial charge in [0.15, 0.2) is 0 Å². The van der Waals surface area contributed by atoms with Crippen LogP contribution in [0.5, 0.6) is 0 Å². The van der Waals surface area contributed by atoms with Crippen molar-refractivity contribution in [2.45, 2.75) is 26.0 Å². The van der Waals surface area contributed by atoms with Crippen LogP contribution in [0.3, 0.4) is 0 Å². The molecule has 0 saturated carbocycles. The van der Waals surface area contributed by atoms with E-state index in [-0.39, 0.29) is 6.61 Å². The largest absolute Gasteiger partial charge is 0.392 e. The molecule has 7 heteroatoms. The van der Waals surface area contributed by atoms with Crippen LogP contribution in [-0.2, 0) is 17.9 Å². The average molecular weight is 465 g/mol. The number of nitrogens with zero attached hydrogens (tertiary/aromatic N) is 2. The highest BCUT2D eigenvalue weighted by Crippen LogP contribution is 2.28. The number of nitrogens with one attached hydrogen (secondary N) is 2. The van der Waals surface area contributed by atoms with Crippen molar-refractivity contribution in [3.8, 4) is 0 Å². The lowest BCUT2D eigenvalue weighted by molar-refractivity contribution is 0.140. The second-order valence-corrected chi connectivity index (χ2v) is 8.25. The monoisotopic (exact) mass is 464 g/mol. The van der Waals surface area contributed by atoms with Crippen molar-refractivity contribution in [3.63, 3.8) is 0 Å². The Morgan fingerprint density at radius 3 is 2.67 bits per heavy atom. The van der Waals surface area contributed by atoms with E-state index in [0.717, 1.165) is 64.6 Å². The quantitative estimate of drug-likeness (QED) is 0.204. The summed E-state index contributed by atoms with van der Waals surface area (Å²) < 4.78 is 5.79. The predicted octanol–water partition coefficient (Wildman–Crippen LogP) is 4.93. The zero-order chi connectivity index (χ0) is 22.9. The molecule has 2 aromatic carbocycles. The van der Waals surface area contributed by atoms with Crippen LogP contribution in [0, 0.1) is 0 Å². The topological polar surface area (TPSA) is 79.3 Å². The summed E-state index contributed by atoms with van der Waals surface area (Å²) in [6, 6.07) is 15.9. The lowest BCUT2D eigenvalue weighted by atomic mass is 10.1. The number of aliphatic hydroxyl groups excluding tert-OH is 1. The van der Waals surface area contributed by atoms with E-state index in [9.17, 15) is 5.11 Å². The number of hydrogen-bond acceptors (Lipinski definition) is 6. The van der Waals surface area contributed by atoms with Gasteiger partial charge in [0, 0.05) is 48.2 Å². The summed E-state index contributed by atoms with van der Waals surface area (Å²) in [5, 5.41) is 20.0. The third-order valence-corrected chi connectivity index (χ3v) is 6.06. The van der Waals surface area contributed by atoms with E-state index in [0.29, 0.717) is 24.7 Å². The third-order valence-electron chi connectivity index (χ3n) is 5.58. The summed E-state index contributed by atoms with van der Waals surface area (Å²) in [5.41, 5.74) is 2.73. The minimum Gasteiger partial charge on any atom is -0.392 e. The molecule has 0 aliphatic rings. The fraction of sp³-hybridized carbons (Fsp3) is 0.308. The Labute approximate surface area is 199 Å². The summed E-state index contributed by atoms with van der Waals surface area (Å²) in [5.74, 6) is 0.864. The molecule has 0 unspecified atom stereocenters. The maximum Gasteiger partial charge on any atom is 0.134 e. The Hall–Kier alpha value is -2.77. The first-order valence-corrected chi connectivity index (χ1v) is 11.7. The lowest BCUT2D eigenvalue weighted by Gasteiger charge is -2.12. The number of unbranched alkanes of at least 4 members (excludes halogenated alkanes) is 1. The Morgan fingerprint density at radius 1 is 0.879 bits per heavy atom. The van der Waals surface area contributed by atoms with Gasteiger partial charge in [-0.25, -0.2) is 4.98 Å². The van der Waals surface area contributed by atoms with Crippen LogP contribution in [0.4, 0.5) is 5.82 Å². The molecule has 4 rings (SSSR count). The molecule has 3 N–H and O–H groups in total. The summed E-state index contributed by atoms with van der Waals surface area (Å²) >= 11 is 6.29. The molecule has 2 heterocycles. The summed E-state index contributed by atoms with van der Waals surface area (Å²) in [4.78, 5) is 9.07. The number of aliphatic hydroxyl groups is 1. The van der Waals surface area contributed by atoms with E-state index >= 15 is 0 Å². The van der Waals surface area contributed by atoms with Crippen molar-refractivity contribution in [3.05, 3.63) is 77.1 Å². The maximum atomic E-state index is 9.30. The number of aromatic nitrogens is 2. The maximum absolute atomic E-state index is 9.30. The summed E-state index contributed by atoms with van der Waals surface area (Å²) in [6.07, 6.45) is 5.70. The smallest absolute Gasteiger partial charge is 0.134 e. The molecule has 6 nitrogen and oxygen atoms in total. The van der Waals surface area contributed by atoms with Gasteiger partial charge in [0.1, 0.15) is 5.82 Å². The van der Waals surface area contributed by atoms with Gasteiger partial charge in [-0.1, -0.05) is 48.0 Å². The molecule has 0 aliphatic carbocycles. The highest BCUT2D eigenvalue weighted by molar-refractivity contribution is 6.32. The molecule has 0 amide bonds. The molecular formula is C26H29ClN4O2. The number of rotatable bonds is 12. The summed E-state index contributed by atoms with van der Waals surface area (Å²) in [6.45, 7) is 3.59. The van der Waals surface area contributed by atoms with Crippen molar-refractivity contribution in [2.24, 2.45) is 0 Å². The second kappa shape index (κ2) is 11.9. The van der Waals surface area contributed by atoms with Gasteiger partial charge < -0.3 is 20.5 Å².